The van der Waals surface area contributed by atoms with Gasteiger partial charge in [0.05, 0.1) is 0 Å². The fourth-order valence-electron chi connectivity index (χ4n) is 2.10. The molecule has 0 radical (unpaired) electrons. The molecule has 4 heteroatoms. The van der Waals surface area contributed by atoms with E-state index >= 15 is 0 Å². The van der Waals surface area contributed by atoms with Crippen molar-refractivity contribution >= 4 is 0 Å². The lowest BCUT2D eigenvalue weighted by atomic mass is 9.77. The Kier molecular flexibility index (Phi) is 3.35. The Bertz CT molecular complexity index is 564. The summed E-state index contributed by atoms with van der Waals surface area (Å²) in [6.07, 6.45) is 0. The van der Waals surface area contributed by atoms with Crippen LogP contribution in [0.4, 0.5) is 17.6 Å². The van der Waals surface area contributed by atoms with Crippen LogP contribution in [-0.4, -0.2) is 0 Å². The van der Waals surface area contributed by atoms with Gasteiger partial charge in [0, 0.05) is 16.5 Å². The number of rotatable bonds is 2. The topological polar surface area (TPSA) is 0 Å². The number of hydrogen-bond donors (Lipinski definition) is 0. The molecule has 0 aliphatic rings. The first-order valence-electron chi connectivity index (χ1n) is 5.73. The van der Waals surface area contributed by atoms with E-state index in [1.165, 1.54) is 13.8 Å². The van der Waals surface area contributed by atoms with Crippen LogP contribution < -0.4 is 0 Å². The lowest BCUT2D eigenvalue weighted by Gasteiger charge is -2.27. The Balaban J connectivity index is 2.64. The van der Waals surface area contributed by atoms with Gasteiger partial charge < -0.3 is 0 Å². The highest BCUT2D eigenvalue weighted by Crippen LogP contribution is 2.35. The number of halogens is 4. The van der Waals surface area contributed by atoms with Gasteiger partial charge in [-0.15, -0.1) is 0 Å². The average Bonchev–Trinajstić information content (AvgIpc) is 2.35. The maximum atomic E-state index is 13.8. The van der Waals surface area contributed by atoms with E-state index in [1.54, 1.807) is 0 Å². The zero-order valence-electron chi connectivity index (χ0n) is 10.5. The average molecular weight is 268 g/mol. The van der Waals surface area contributed by atoms with Crippen LogP contribution in [0.25, 0.3) is 0 Å². The molecule has 0 unspecified atom stereocenters. The van der Waals surface area contributed by atoms with Crippen molar-refractivity contribution in [3.05, 3.63) is 70.8 Å². The van der Waals surface area contributed by atoms with Gasteiger partial charge in [-0.25, -0.2) is 17.6 Å². The van der Waals surface area contributed by atoms with Gasteiger partial charge in [-0.05, 0) is 36.4 Å². The molecule has 100 valence electrons. The summed E-state index contributed by atoms with van der Waals surface area (Å²) in [4.78, 5) is 0. The first kappa shape index (κ1) is 13.6. The van der Waals surface area contributed by atoms with Gasteiger partial charge in [0.25, 0.3) is 0 Å². The molecule has 0 aromatic heterocycles. The minimum Gasteiger partial charge on any atom is -0.207 e. The monoisotopic (exact) mass is 268 g/mol. The zero-order chi connectivity index (χ0) is 14.2. The fraction of sp³-hybridized carbons (Fsp3) is 0.200. The highest BCUT2D eigenvalue weighted by Gasteiger charge is 2.30. The van der Waals surface area contributed by atoms with Crippen LogP contribution in [-0.2, 0) is 5.41 Å². The molecule has 0 heterocycles. The number of benzene rings is 2. The van der Waals surface area contributed by atoms with Crippen molar-refractivity contribution < 1.29 is 17.6 Å². The highest BCUT2D eigenvalue weighted by atomic mass is 19.1. The van der Waals surface area contributed by atoms with E-state index in [0.29, 0.717) is 0 Å². The molecule has 0 bridgehead atoms. The molecular formula is C15H12F4. The summed E-state index contributed by atoms with van der Waals surface area (Å²) in [6, 6.07) is 5.92. The second kappa shape index (κ2) is 4.68. The predicted molar refractivity (Wildman–Crippen MR) is 64.8 cm³/mol. The van der Waals surface area contributed by atoms with Crippen LogP contribution in [0.15, 0.2) is 36.4 Å². The van der Waals surface area contributed by atoms with Crippen molar-refractivity contribution in [3.63, 3.8) is 0 Å². The van der Waals surface area contributed by atoms with Gasteiger partial charge in [-0.1, -0.05) is 13.8 Å². The molecule has 0 fully saturated rings. The van der Waals surface area contributed by atoms with Crippen LogP contribution in [0.5, 0.6) is 0 Å². The van der Waals surface area contributed by atoms with E-state index in [-0.39, 0.29) is 11.1 Å². The summed E-state index contributed by atoms with van der Waals surface area (Å²) in [5.74, 6) is -2.56. The largest absolute Gasteiger partial charge is 0.207 e. The van der Waals surface area contributed by atoms with Crippen molar-refractivity contribution in [1.29, 1.82) is 0 Å². The molecule has 0 N–H and O–H groups in total. The Morgan fingerprint density at radius 1 is 0.684 bits per heavy atom. The summed E-state index contributed by atoms with van der Waals surface area (Å²) >= 11 is 0. The third-order valence-corrected chi connectivity index (χ3v) is 3.20. The molecule has 0 nitrogen and oxygen atoms in total. The summed E-state index contributed by atoms with van der Waals surface area (Å²) in [7, 11) is 0. The summed E-state index contributed by atoms with van der Waals surface area (Å²) in [5.41, 5.74) is -1.22. The maximum absolute atomic E-state index is 13.8. The minimum atomic E-state index is -1.18. The van der Waals surface area contributed by atoms with Crippen molar-refractivity contribution in [2.45, 2.75) is 19.3 Å². The Hall–Kier alpha value is -1.84. The lowest BCUT2D eigenvalue weighted by Crippen LogP contribution is -2.22. The SMILES string of the molecule is CC(C)(c1cc(F)ccc1F)c1cc(F)ccc1F. The normalized spacial score (nSPS) is 11.7. The maximum Gasteiger partial charge on any atom is 0.127 e. The zero-order valence-corrected chi connectivity index (χ0v) is 10.5. The molecule has 0 atom stereocenters. The molecule has 0 spiro atoms. The smallest absolute Gasteiger partial charge is 0.127 e. The predicted octanol–water partition coefficient (Wildman–Crippen LogP) is 4.57. The molecule has 2 aromatic carbocycles. The van der Waals surface area contributed by atoms with E-state index in [2.05, 4.69) is 0 Å². The van der Waals surface area contributed by atoms with Gasteiger partial charge in [0.1, 0.15) is 23.3 Å². The van der Waals surface area contributed by atoms with Crippen molar-refractivity contribution in [1.82, 2.24) is 0 Å². The van der Waals surface area contributed by atoms with Gasteiger partial charge in [0.15, 0.2) is 0 Å². The Morgan fingerprint density at radius 3 is 1.42 bits per heavy atom. The summed E-state index contributed by atoms with van der Waals surface area (Å²) in [6.45, 7) is 3.03. The molecule has 19 heavy (non-hydrogen) atoms. The van der Waals surface area contributed by atoms with Crippen molar-refractivity contribution in [2.24, 2.45) is 0 Å². The van der Waals surface area contributed by atoms with Crippen molar-refractivity contribution in [3.8, 4) is 0 Å². The molecule has 0 aliphatic carbocycles. The van der Waals surface area contributed by atoms with Gasteiger partial charge in [-0.2, -0.15) is 0 Å². The van der Waals surface area contributed by atoms with Crippen molar-refractivity contribution in [2.75, 3.05) is 0 Å². The molecule has 2 rings (SSSR count). The van der Waals surface area contributed by atoms with Crippen LogP contribution in [0, 0.1) is 23.3 Å². The van der Waals surface area contributed by atoms with Crippen LogP contribution >= 0.6 is 0 Å². The molecule has 0 aliphatic heterocycles. The fourth-order valence-corrected chi connectivity index (χ4v) is 2.10. The summed E-state index contributed by atoms with van der Waals surface area (Å²) < 4.78 is 54.1. The van der Waals surface area contributed by atoms with E-state index in [1.807, 2.05) is 0 Å². The van der Waals surface area contributed by atoms with Gasteiger partial charge in [0.2, 0.25) is 0 Å². The first-order valence-corrected chi connectivity index (χ1v) is 5.73. The van der Waals surface area contributed by atoms with Gasteiger partial charge >= 0.3 is 0 Å². The van der Waals surface area contributed by atoms with E-state index in [9.17, 15) is 17.6 Å². The van der Waals surface area contributed by atoms with Crippen LogP contribution in [0.1, 0.15) is 25.0 Å². The lowest BCUT2D eigenvalue weighted by molar-refractivity contribution is 0.500. The third-order valence-electron chi connectivity index (χ3n) is 3.20. The molecule has 0 saturated heterocycles. The van der Waals surface area contributed by atoms with Crippen LogP contribution in [0.2, 0.25) is 0 Å². The van der Waals surface area contributed by atoms with E-state index in [0.717, 1.165) is 36.4 Å². The van der Waals surface area contributed by atoms with Crippen LogP contribution in [0.3, 0.4) is 0 Å². The second-order valence-corrected chi connectivity index (χ2v) is 4.87. The molecular weight excluding hydrogens is 256 g/mol. The van der Waals surface area contributed by atoms with E-state index in [4.69, 9.17) is 0 Å². The molecule has 2 aromatic rings. The Morgan fingerprint density at radius 2 is 1.05 bits per heavy atom. The summed E-state index contributed by atoms with van der Waals surface area (Å²) in [5, 5.41) is 0. The van der Waals surface area contributed by atoms with E-state index < -0.39 is 28.7 Å². The first-order chi connectivity index (χ1) is 8.82. The number of hydrogen-bond acceptors (Lipinski definition) is 0. The minimum absolute atomic E-state index is 0.0167. The Labute approximate surface area is 108 Å². The second-order valence-electron chi connectivity index (χ2n) is 4.87. The molecule has 0 saturated carbocycles. The quantitative estimate of drug-likeness (QED) is 0.700. The highest BCUT2D eigenvalue weighted by molar-refractivity contribution is 5.39. The third kappa shape index (κ3) is 2.48. The standard InChI is InChI=1S/C15H12F4/c1-15(2,11-7-9(16)3-5-13(11)18)12-8-10(17)4-6-14(12)19/h3-8H,1-2H3. The van der Waals surface area contributed by atoms with Gasteiger partial charge in [-0.3, -0.25) is 0 Å². The molecule has 0 amide bonds.